The van der Waals surface area contributed by atoms with Gasteiger partial charge < -0.3 is 4.74 Å². The third-order valence-corrected chi connectivity index (χ3v) is 2.80. The van der Waals surface area contributed by atoms with Crippen LogP contribution in [0.5, 0.6) is 0 Å². The van der Waals surface area contributed by atoms with E-state index in [2.05, 4.69) is 0 Å². The van der Waals surface area contributed by atoms with Gasteiger partial charge in [0.2, 0.25) is 0 Å². The summed E-state index contributed by atoms with van der Waals surface area (Å²) in [5.41, 5.74) is 0.810. The molecule has 2 rings (SSSR count). The number of carbonyl (C=O) groups is 1. The minimum Gasteiger partial charge on any atom is -0.357 e. The molecule has 2 heteroatoms. The smallest absolute Gasteiger partial charge is 0.169 e. The second-order valence-corrected chi connectivity index (χ2v) is 5.41. The standard InChI is InChI=1S/C15H18O2/c1-15(2,3)14(16)13-12(17-13)10-9-11-7-5-4-6-8-11/h4-10,12-13H,1-3H3/b10-9+/t12-,13+/m1/s1. The van der Waals surface area contributed by atoms with Crippen molar-refractivity contribution in [3.63, 3.8) is 0 Å². The Balaban J connectivity index is 1.93. The Morgan fingerprint density at radius 2 is 1.88 bits per heavy atom. The molecule has 0 amide bonds. The van der Waals surface area contributed by atoms with Gasteiger partial charge in [0, 0.05) is 5.41 Å². The summed E-state index contributed by atoms with van der Waals surface area (Å²) < 4.78 is 5.39. The molecule has 2 nitrogen and oxygen atoms in total. The quantitative estimate of drug-likeness (QED) is 0.747. The number of epoxide rings is 1. The number of carbonyl (C=O) groups excluding carboxylic acids is 1. The molecule has 1 fully saturated rings. The summed E-state index contributed by atoms with van der Waals surface area (Å²) in [5, 5.41) is 0. The molecule has 1 aliphatic heterocycles. The van der Waals surface area contributed by atoms with E-state index in [-0.39, 0.29) is 23.4 Å². The maximum atomic E-state index is 11.9. The Morgan fingerprint density at radius 1 is 1.24 bits per heavy atom. The minimum atomic E-state index is -0.319. The van der Waals surface area contributed by atoms with Gasteiger partial charge in [-0.3, -0.25) is 4.79 Å². The Labute approximate surface area is 102 Å². The van der Waals surface area contributed by atoms with Crippen LogP contribution in [0.1, 0.15) is 26.3 Å². The van der Waals surface area contributed by atoms with Crippen LogP contribution < -0.4 is 0 Å². The Bertz CT molecular complexity index is 426. The molecule has 1 heterocycles. The van der Waals surface area contributed by atoms with Crippen LogP contribution in [0.15, 0.2) is 36.4 Å². The van der Waals surface area contributed by atoms with Crippen molar-refractivity contribution < 1.29 is 9.53 Å². The first-order chi connectivity index (χ1) is 7.98. The maximum absolute atomic E-state index is 11.9. The molecule has 1 aliphatic rings. The number of hydrogen-bond acceptors (Lipinski definition) is 2. The molecule has 1 aromatic rings. The fourth-order valence-corrected chi connectivity index (χ4v) is 1.68. The third kappa shape index (κ3) is 3.04. The first kappa shape index (κ1) is 12.1. The van der Waals surface area contributed by atoms with E-state index in [0.717, 1.165) is 5.56 Å². The Morgan fingerprint density at radius 3 is 2.47 bits per heavy atom. The molecule has 17 heavy (non-hydrogen) atoms. The predicted molar refractivity (Wildman–Crippen MR) is 68.6 cm³/mol. The normalized spacial score (nSPS) is 23.9. The van der Waals surface area contributed by atoms with Crippen molar-refractivity contribution in [3.8, 4) is 0 Å². The highest BCUT2D eigenvalue weighted by molar-refractivity contribution is 5.90. The lowest BCUT2D eigenvalue weighted by molar-refractivity contribution is -0.127. The fraction of sp³-hybridized carbons (Fsp3) is 0.400. The molecule has 0 aliphatic carbocycles. The lowest BCUT2D eigenvalue weighted by atomic mass is 9.88. The van der Waals surface area contributed by atoms with E-state index in [1.54, 1.807) is 0 Å². The average Bonchev–Trinajstić information content (AvgIpc) is 3.05. The van der Waals surface area contributed by atoms with E-state index in [9.17, 15) is 4.79 Å². The van der Waals surface area contributed by atoms with Crippen LogP contribution in [0.4, 0.5) is 0 Å². The van der Waals surface area contributed by atoms with Crippen LogP contribution in [0, 0.1) is 5.41 Å². The average molecular weight is 230 g/mol. The van der Waals surface area contributed by atoms with Gasteiger partial charge in [-0.1, -0.05) is 63.3 Å². The van der Waals surface area contributed by atoms with E-state index in [1.165, 1.54) is 0 Å². The van der Waals surface area contributed by atoms with Crippen LogP contribution in [-0.2, 0) is 9.53 Å². The molecule has 0 bridgehead atoms. The van der Waals surface area contributed by atoms with E-state index in [1.807, 2.05) is 63.3 Å². The van der Waals surface area contributed by atoms with Crippen molar-refractivity contribution in [1.82, 2.24) is 0 Å². The summed E-state index contributed by atoms with van der Waals surface area (Å²) in [6.07, 6.45) is 3.68. The van der Waals surface area contributed by atoms with Gasteiger partial charge in [0.1, 0.15) is 12.2 Å². The number of ketones is 1. The van der Waals surface area contributed by atoms with Gasteiger partial charge in [-0.2, -0.15) is 0 Å². The third-order valence-electron chi connectivity index (χ3n) is 2.80. The first-order valence-corrected chi connectivity index (χ1v) is 5.91. The number of rotatable bonds is 3. The van der Waals surface area contributed by atoms with E-state index in [4.69, 9.17) is 4.74 Å². The van der Waals surface area contributed by atoms with E-state index < -0.39 is 0 Å². The molecule has 1 saturated heterocycles. The zero-order valence-corrected chi connectivity index (χ0v) is 10.5. The zero-order valence-electron chi connectivity index (χ0n) is 10.5. The van der Waals surface area contributed by atoms with Gasteiger partial charge in [0.05, 0.1) is 0 Å². The minimum absolute atomic E-state index is 0.0399. The summed E-state index contributed by atoms with van der Waals surface area (Å²) in [4.78, 5) is 11.9. The molecule has 90 valence electrons. The van der Waals surface area contributed by atoms with Crippen LogP contribution in [0.25, 0.3) is 6.08 Å². The van der Waals surface area contributed by atoms with Gasteiger partial charge >= 0.3 is 0 Å². The highest BCUT2D eigenvalue weighted by Crippen LogP contribution is 2.31. The number of benzene rings is 1. The summed E-state index contributed by atoms with van der Waals surface area (Å²) in [5.74, 6) is 0.181. The largest absolute Gasteiger partial charge is 0.357 e. The first-order valence-electron chi connectivity index (χ1n) is 5.91. The van der Waals surface area contributed by atoms with Gasteiger partial charge in [-0.05, 0) is 5.56 Å². The Kier molecular flexibility index (Phi) is 3.16. The Hall–Kier alpha value is -1.41. The highest BCUT2D eigenvalue weighted by Gasteiger charge is 2.46. The summed E-state index contributed by atoms with van der Waals surface area (Å²) in [6, 6.07) is 10.0. The predicted octanol–water partition coefficient (Wildman–Crippen LogP) is 3.08. The molecule has 1 aromatic carbocycles. The van der Waals surface area contributed by atoms with Crippen LogP contribution >= 0.6 is 0 Å². The van der Waals surface area contributed by atoms with Crippen LogP contribution in [-0.4, -0.2) is 18.0 Å². The molecule has 0 spiro atoms. The molecular weight excluding hydrogens is 212 g/mol. The SMILES string of the molecule is CC(C)(C)C(=O)[C@H]1O[C@@H]1/C=C/c1ccccc1. The lowest BCUT2D eigenvalue weighted by Gasteiger charge is -2.14. The lowest BCUT2D eigenvalue weighted by Crippen LogP contribution is -2.26. The van der Waals surface area contributed by atoms with Gasteiger partial charge in [0.15, 0.2) is 5.78 Å². The topological polar surface area (TPSA) is 29.6 Å². The number of hydrogen-bond donors (Lipinski definition) is 0. The molecular formula is C15H18O2. The molecule has 0 saturated carbocycles. The van der Waals surface area contributed by atoms with Gasteiger partial charge in [-0.15, -0.1) is 0 Å². The number of ether oxygens (including phenoxy) is 1. The summed E-state index contributed by atoms with van der Waals surface area (Å²) >= 11 is 0. The second-order valence-electron chi connectivity index (χ2n) is 5.41. The summed E-state index contributed by atoms with van der Waals surface area (Å²) in [6.45, 7) is 5.78. The molecule has 0 unspecified atom stereocenters. The van der Waals surface area contributed by atoms with E-state index in [0.29, 0.717) is 0 Å². The monoisotopic (exact) mass is 230 g/mol. The van der Waals surface area contributed by atoms with Crippen molar-refractivity contribution in [2.75, 3.05) is 0 Å². The van der Waals surface area contributed by atoms with Crippen LogP contribution in [0.3, 0.4) is 0 Å². The number of Topliss-reactive ketones (excluding diaryl/α,β-unsaturated/α-hetero) is 1. The molecule has 0 radical (unpaired) electrons. The molecule has 0 N–H and O–H groups in total. The second kappa shape index (κ2) is 4.46. The molecule has 2 atom stereocenters. The van der Waals surface area contributed by atoms with Crippen molar-refractivity contribution in [2.24, 2.45) is 5.41 Å². The van der Waals surface area contributed by atoms with Crippen molar-refractivity contribution in [3.05, 3.63) is 42.0 Å². The van der Waals surface area contributed by atoms with Gasteiger partial charge in [-0.25, -0.2) is 0 Å². The zero-order chi connectivity index (χ0) is 12.5. The van der Waals surface area contributed by atoms with E-state index >= 15 is 0 Å². The van der Waals surface area contributed by atoms with Crippen molar-refractivity contribution in [1.29, 1.82) is 0 Å². The summed E-state index contributed by atoms with van der Waals surface area (Å²) in [7, 11) is 0. The van der Waals surface area contributed by atoms with Gasteiger partial charge in [0.25, 0.3) is 0 Å². The highest BCUT2D eigenvalue weighted by atomic mass is 16.6. The maximum Gasteiger partial charge on any atom is 0.169 e. The molecule has 0 aromatic heterocycles. The fourth-order valence-electron chi connectivity index (χ4n) is 1.68. The van der Waals surface area contributed by atoms with Crippen molar-refractivity contribution >= 4 is 11.9 Å². The van der Waals surface area contributed by atoms with Crippen molar-refractivity contribution in [2.45, 2.75) is 33.0 Å². The van der Waals surface area contributed by atoms with Crippen LogP contribution in [0.2, 0.25) is 0 Å².